The van der Waals surface area contributed by atoms with Gasteiger partial charge in [-0.25, -0.2) is 0 Å². The largest absolute Gasteiger partial charge is 0.0642 e. The third kappa shape index (κ3) is 2.55. The van der Waals surface area contributed by atoms with Crippen LogP contribution >= 0.6 is 0 Å². The fraction of sp³-hybridized carbons (Fsp3) is 0.294. The Morgan fingerprint density at radius 3 is 1.59 bits per heavy atom. The van der Waals surface area contributed by atoms with Crippen LogP contribution in [0.5, 0.6) is 0 Å². The molecule has 0 heteroatoms. The van der Waals surface area contributed by atoms with Crippen LogP contribution in [0, 0.1) is 0 Å². The van der Waals surface area contributed by atoms with Gasteiger partial charge in [0.05, 0.1) is 0 Å². The average molecular weight is 443 g/mol. The monoisotopic (exact) mass is 442 g/mol. The molecule has 0 saturated carbocycles. The molecule has 34 heavy (non-hydrogen) atoms. The summed E-state index contributed by atoms with van der Waals surface area (Å²) < 4.78 is 0. The van der Waals surface area contributed by atoms with Crippen LogP contribution in [0.1, 0.15) is 75.6 Å². The lowest BCUT2D eigenvalue weighted by atomic mass is 9.70. The fourth-order valence-electron chi connectivity index (χ4n) is 7.42. The predicted molar refractivity (Wildman–Crippen MR) is 145 cm³/mol. The normalized spacial score (nSPS) is 16.0. The van der Waals surface area contributed by atoms with E-state index in [-0.39, 0.29) is 10.8 Å². The van der Waals surface area contributed by atoms with Gasteiger partial charge in [-0.3, -0.25) is 0 Å². The second kappa shape index (κ2) is 7.70. The zero-order valence-electron chi connectivity index (χ0n) is 20.9. The van der Waals surface area contributed by atoms with Crippen LogP contribution in [0.25, 0.3) is 33.4 Å². The van der Waals surface area contributed by atoms with Crippen LogP contribution in [-0.2, 0) is 10.8 Å². The molecule has 2 aliphatic rings. The molecule has 0 aromatic heterocycles. The Bertz CT molecular complexity index is 1400. The van der Waals surface area contributed by atoms with E-state index in [1.54, 1.807) is 0 Å². The van der Waals surface area contributed by atoms with E-state index in [4.69, 9.17) is 0 Å². The number of hydrogen-bond donors (Lipinski definition) is 0. The second-order valence-corrected chi connectivity index (χ2v) is 10.2. The highest BCUT2D eigenvalue weighted by molar-refractivity contribution is 5.90. The Morgan fingerprint density at radius 2 is 0.941 bits per heavy atom. The SMILES string of the molecule is CCC1(CC)c2ccccc2-c2ccc(-c3cccc4c3C(CC)(CC)c3ccccc3-4)cc21. The van der Waals surface area contributed by atoms with Crippen LogP contribution in [0.2, 0.25) is 0 Å². The molecule has 0 unspecified atom stereocenters. The smallest absolute Gasteiger partial charge is 0.0216 e. The van der Waals surface area contributed by atoms with Gasteiger partial charge >= 0.3 is 0 Å². The van der Waals surface area contributed by atoms with Crippen molar-refractivity contribution in [2.24, 2.45) is 0 Å². The highest BCUT2D eigenvalue weighted by atomic mass is 14.5. The molecular weight excluding hydrogens is 408 g/mol. The van der Waals surface area contributed by atoms with Gasteiger partial charge in [-0.15, -0.1) is 0 Å². The summed E-state index contributed by atoms with van der Waals surface area (Å²) in [6.07, 6.45) is 4.50. The zero-order chi connectivity index (χ0) is 23.5. The second-order valence-electron chi connectivity index (χ2n) is 10.2. The summed E-state index contributed by atoms with van der Waals surface area (Å²) in [7, 11) is 0. The highest BCUT2D eigenvalue weighted by Crippen LogP contribution is 2.57. The van der Waals surface area contributed by atoms with Crippen molar-refractivity contribution in [2.75, 3.05) is 0 Å². The van der Waals surface area contributed by atoms with E-state index < -0.39 is 0 Å². The molecule has 6 rings (SSSR count). The maximum atomic E-state index is 2.54. The zero-order valence-corrected chi connectivity index (χ0v) is 20.9. The van der Waals surface area contributed by atoms with Crippen molar-refractivity contribution in [3.8, 4) is 33.4 Å². The number of benzene rings is 4. The third-order valence-electron chi connectivity index (χ3n) is 9.27. The lowest BCUT2D eigenvalue weighted by Crippen LogP contribution is -2.24. The molecule has 0 saturated heterocycles. The maximum Gasteiger partial charge on any atom is 0.0216 e. The van der Waals surface area contributed by atoms with Gasteiger partial charge in [0.1, 0.15) is 0 Å². The molecule has 0 bridgehead atoms. The van der Waals surface area contributed by atoms with E-state index in [0.29, 0.717) is 0 Å². The van der Waals surface area contributed by atoms with E-state index in [9.17, 15) is 0 Å². The van der Waals surface area contributed by atoms with Crippen molar-refractivity contribution in [3.05, 3.63) is 107 Å². The van der Waals surface area contributed by atoms with Crippen LogP contribution < -0.4 is 0 Å². The first kappa shape index (κ1) is 21.4. The van der Waals surface area contributed by atoms with Crippen molar-refractivity contribution in [1.82, 2.24) is 0 Å². The maximum absolute atomic E-state index is 2.54. The van der Waals surface area contributed by atoms with Crippen molar-refractivity contribution in [1.29, 1.82) is 0 Å². The molecule has 4 aromatic carbocycles. The minimum atomic E-state index is 0.0805. The van der Waals surface area contributed by atoms with E-state index in [0.717, 1.165) is 25.7 Å². The number of hydrogen-bond acceptors (Lipinski definition) is 0. The molecule has 0 radical (unpaired) electrons. The molecular formula is C34H34. The Hall–Kier alpha value is -3.12. The van der Waals surface area contributed by atoms with Gasteiger partial charge in [-0.2, -0.15) is 0 Å². The van der Waals surface area contributed by atoms with Gasteiger partial charge in [0, 0.05) is 10.8 Å². The molecule has 0 atom stereocenters. The van der Waals surface area contributed by atoms with Gasteiger partial charge in [-0.1, -0.05) is 107 Å². The van der Waals surface area contributed by atoms with Gasteiger partial charge in [0.15, 0.2) is 0 Å². The van der Waals surface area contributed by atoms with Gasteiger partial charge in [0.2, 0.25) is 0 Å². The number of rotatable bonds is 5. The molecule has 0 heterocycles. The molecule has 0 fully saturated rings. The summed E-state index contributed by atoms with van der Waals surface area (Å²) in [6.45, 7) is 9.45. The summed E-state index contributed by atoms with van der Waals surface area (Å²) in [5.74, 6) is 0. The predicted octanol–water partition coefficient (Wildman–Crippen LogP) is 9.53. The Morgan fingerprint density at radius 1 is 0.441 bits per heavy atom. The Labute approximate surface area is 204 Å². The molecule has 0 spiro atoms. The molecule has 0 aliphatic heterocycles. The summed E-state index contributed by atoms with van der Waals surface area (Å²) >= 11 is 0. The first-order valence-corrected chi connectivity index (χ1v) is 13.1. The van der Waals surface area contributed by atoms with E-state index >= 15 is 0 Å². The Balaban J connectivity index is 1.62. The summed E-state index contributed by atoms with van der Waals surface area (Å²) in [5, 5.41) is 0. The molecule has 170 valence electrons. The minimum absolute atomic E-state index is 0.0805. The molecule has 0 N–H and O–H groups in total. The first-order valence-electron chi connectivity index (χ1n) is 13.1. The lowest BCUT2D eigenvalue weighted by Gasteiger charge is -2.32. The topological polar surface area (TPSA) is 0 Å². The van der Waals surface area contributed by atoms with Crippen molar-refractivity contribution < 1.29 is 0 Å². The van der Waals surface area contributed by atoms with Crippen LogP contribution in [0.4, 0.5) is 0 Å². The van der Waals surface area contributed by atoms with Crippen molar-refractivity contribution in [2.45, 2.75) is 64.2 Å². The molecule has 0 amide bonds. The summed E-state index contributed by atoms with van der Waals surface area (Å²) in [5.41, 5.74) is 14.7. The lowest BCUT2D eigenvalue weighted by molar-refractivity contribution is 0.489. The van der Waals surface area contributed by atoms with Crippen molar-refractivity contribution in [3.63, 3.8) is 0 Å². The van der Waals surface area contributed by atoms with Gasteiger partial charge < -0.3 is 0 Å². The Kier molecular flexibility index (Phi) is 4.85. The summed E-state index contributed by atoms with van der Waals surface area (Å²) in [4.78, 5) is 0. The van der Waals surface area contributed by atoms with Gasteiger partial charge in [-0.05, 0) is 87.4 Å². The van der Waals surface area contributed by atoms with Crippen LogP contribution in [0.15, 0.2) is 84.9 Å². The highest BCUT2D eigenvalue weighted by Gasteiger charge is 2.43. The molecule has 0 nitrogen and oxygen atoms in total. The summed E-state index contributed by atoms with van der Waals surface area (Å²) in [6, 6.07) is 32.5. The standard InChI is InChI=1S/C34H34/c1-5-33(6-2)29-18-11-9-14-25(29)27-21-20-23(22-31(27)33)24-16-13-17-28-26-15-10-12-19-30(26)34(7-3,8-4)32(24)28/h9-22H,5-8H2,1-4H3. The quantitative estimate of drug-likeness (QED) is 0.289. The van der Waals surface area contributed by atoms with E-state index in [2.05, 4.69) is 113 Å². The molecule has 2 aliphatic carbocycles. The minimum Gasteiger partial charge on any atom is -0.0642 e. The first-order chi connectivity index (χ1) is 16.6. The van der Waals surface area contributed by atoms with E-state index in [1.807, 2.05) is 0 Å². The number of fused-ring (bicyclic) bond motifs is 6. The fourth-order valence-corrected chi connectivity index (χ4v) is 7.42. The van der Waals surface area contributed by atoms with Crippen LogP contribution in [0.3, 0.4) is 0 Å². The van der Waals surface area contributed by atoms with Crippen LogP contribution in [-0.4, -0.2) is 0 Å². The van der Waals surface area contributed by atoms with E-state index in [1.165, 1.54) is 55.6 Å². The third-order valence-corrected chi connectivity index (χ3v) is 9.27. The molecule has 4 aromatic rings. The van der Waals surface area contributed by atoms with Crippen molar-refractivity contribution >= 4 is 0 Å². The van der Waals surface area contributed by atoms with Gasteiger partial charge in [0.25, 0.3) is 0 Å². The average Bonchev–Trinajstić information content (AvgIpc) is 3.36.